The summed E-state index contributed by atoms with van der Waals surface area (Å²) in [4.78, 5) is 10.9. The van der Waals surface area contributed by atoms with Crippen molar-refractivity contribution in [2.75, 3.05) is 20.3 Å². The normalized spacial score (nSPS) is 25.4. The van der Waals surface area contributed by atoms with Gasteiger partial charge in [0.2, 0.25) is 0 Å². The fraction of sp³-hybridized carbons (Fsp3) is 0.917. The number of carbonyl (C=O) groups excluding carboxylic acids is 1. The van der Waals surface area contributed by atoms with E-state index in [2.05, 4.69) is 17.0 Å². The quantitative estimate of drug-likeness (QED) is 0.701. The lowest BCUT2D eigenvalue weighted by atomic mass is 10.00. The Balaban J connectivity index is 2.14. The minimum Gasteiger partial charge on any atom is -0.469 e. The minimum absolute atomic E-state index is 0.148. The van der Waals surface area contributed by atoms with E-state index in [4.69, 9.17) is 4.74 Å². The number of nitrogens with one attached hydrogen (secondary N) is 1. The zero-order chi connectivity index (χ0) is 11.8. The highest BCUT2D eigenvalue weighted by Crippen LogP contribution is 2.17. The molecule has 0 aliphatic carbocycles. The molecule has 94 valence electrons. The molecule has 1 N–H and O–H groups in total. The number of hydrogen-bond acceptors (Lipinski definition) is 4. The van der Waals surface area contributed by atoms with E-state index in [-0.39, 0.29) is 5.97 Å². The summed E-state index contributed by atoms with van der Waals surface area (Å²) in [6.07, 6.45) is 5.26. The van der Waals surface area contributed by atoms with Gasteiger partial charge in [-0.2, -0.15) is 0 Å². The number of rotatable bonds is 6. The Bertz CT molecular complexity index is 206. The van der Waals surface area contributed by atoms with Gasteiger partial charge in [-0.15, -0.1) is 0 Å². The molecule has 0 bridgehead atoms. The highest BCUT2D eigenvalue weighted by atomic mass is 16.5. The molecule has 0 amide bonds. The van der Waals surface area contributed by atoms with Crippen LogP contribution in [0.2, 0.25) is 0 Å². The molecule has 1 saturated heterocycles. The molecule has 0 saturated carbocycles. The van der Waals surface area contributed by atoms with Gasteiger partial charge in [0.15, 0.2) is 0 Å². The monoisotopic (exact) mass is 229 g/mol. The van der Waals surface area contributed by atoms with Crippen LogP contribution in [-0.2, 0) is 14.3 Å². The van der Waals surface area contributed by atoms with Gasteiger partial charge in [0, 0.05) is 19.2 Å². The fourth-order valence-electron chi connectivity index (χ4n) is 2.07. The second kappa shape index (κ2) is 7.63. The van der Waals surface area contributed by atoms with Crippen molar-refractivity contribution in [3.8, 4) is 0 Å². The standard InChI is InChI=1S/C12H23NO3/c1-3-4-11-9-10(6-8-16-11)13-7-5-12(14)15-2/h10-11,13H,3-9H2,1-2H3. The van der Waals surface area contributed by atoms with Crippen LogP contribution in [0.5, 0.6) is 0 Å². The Morgan fingerprint density at radius 1 is 1.56 bits per heavy atom. The van der Waals surface area contributed by atoms with Gasteiger partial charge in [0.25, 0.3) is 0 Å². The maximum atomic E-state index is 10.9. The smallest absolute Gasteiger partial charge is 0.306 e. The van der Waals surface area contributed by atoms with Crippen molar-refractivity contribution in [1.82, 2.24) is 5.32 Å². The third-order valence-electron chi connectivity index (χ3n) is 2.97. The average molecular weight is 229 g/mol. The molecule has 1 fully saturated rings. The zero-order valence-electron chi connectivity index (χ0n) is 10.3. The molecule has 0 spiro atoms. The van der Waals surface area contributed by atoms with Crippen molar-refractivity contribution in [2.45, 2.75) is 51.2 Å². The number of carbonyl (C=O) groups is 1. The molecular weight excluding hydrogens is 206 g/mol. The van der Waals surface area contributed by atoms with E-state index in [1.165, 1.54) is 13.5 Å². The van der Waals surface area contributed by atoms with Crippen molar-refractivity contribution in [2.24, 2.45) is 0 Å². The molecule has 4 nitrogen and oxygen atoms in total. The Morgan fingerprint density at radius 2 is 2.38 bits per heavy atom. The van der Waals surface area contributed by atoms with Gasteiger partial charge in [0.05, 0.1) is 19.6 Å². The molecule has 16 heavy (non-hydrogen) atoms. The van der Waals surface area contributed by atoms with Crippen LogP contribution in [0.1, 0.15) is 39.0 Å². The molecule has 0 aromatic heterocycles. The van der Waals surface area contributed by atoms with E-state index in [9.17, 15) is 4.79 Å². The summed E-state index contributed by atoms with van der Waals surface area (Å²) in [5.74, 6) is -0.148. The van der Waals surface area contributed by atoms with Crippen LogP contribution in [0, 0.1) is 0 Å². The van der Waals surface area contributed by atoms with Gasteiger partial charge in [0.1, 0.15) is 0 Å². The van der Waals surface area contributed by atoms with Crippen LogP contribution in [-0.4, -0.2) is 38.4 Å². The molecule has 1 heterocycles. The first kappa shape index (κ1) is 13.5. The molecule has 2 atom stereocenters. The lowest BCUT2D eigenvalue weighted by molar-refractivity contribution is -0.140. The van der Waals surface area contributed by atoms with Crippen molar-refractivity contribution in [3.63, 3.8) is 0 Å². The van der Waals surface area contributed by atoms with Crippen LogP contribution in [0.25, 0.3) is 0 Å². The topological polar surface area (TPSA) is 47.6 Å². The Hall–Kier alpha value is -0.610. The Labute approximate surface area is 97.7 Å². The lowest BCUT2D eigenvalue weighted by Gasteiger charge is -2.30. The third-order valence-corrected chi connectivity index (χ3v) is 2.97. The number of ether oxygens (including phenoxy) is 2. The summed E-state index contributed by atoms with van der Waals surface area (Å²) >= 11 is 0. The molecule has 0 aromatic carbocycles. The SMILES string of the molecule is CCCC1CC(NCCC(=O)OC)CCO1. The van der Waals surface area contributed by atoms with E-state index in [1.54, 1.807) is 0 Å². The number of methoxy groups -OCH3 is 1. The summed E-state index contributed by atoms with van der Waals surface area (Å²) in [6.45, 7) is 3.72. The zero-order valence-corrected chi connectivity index (χ0v) is 10.3. The first-order valence-electron chi connectivity index (χ1n) is 6.18. The van der Waals surface area contributed by atoms with E-state index in [0.29, 0.717) is 25.1 Å². The predicted octanol–water partition coefficient (Wildman–Crippen LogP) is 1.49. The second-order valence-electron chi connectivity index (χ2n) is 4.28. The summed E-state index contributed by atoms with van der Waals surface area (Å²) in [5.41, 5.74) is 0. The molecule has 0 aromatic rings. The van der Waals surface area contributed by atoms with Crippen LogP contribution in [0.4, 0.5) is 0 Å². The van der Waals surface area contributed by atoms with Gasteiger partial charge in [-0.1, -0.05) is 13.3 Å². The summed E-state index contributed by atoms with van der Waals surface area (Å²) in [6, 6.07) is 0.495. The Morgan fingerprint density at radius 3 is 3.06 bits per heavy atom. The van der Waals surface area contributed by atoms with Crippen molar-refractivity contribution in [1.29, 1.82) is 0 Å². The number of esters is 1. The minimum atomic E-state index is -0.148. The van der Waals surface area contributed by atoms with E-state index in [0.717, 1.165) is 25.9 Å². The van der Waals surface area contributed by atoms with Crippen LogP contribution < -0.4 is 5.32 Å². The molecule has 1 aliphatic heterocycles. The molecule has 0 radical (unpaired) electrons. The second-order valence-corrected chi connectivity index (χ2v) is 4.28. The summed E-state index contributed by atoms with van der Waals surface area (Å²) < 4.78 is 10.3. The van der Waals surface area contributed by atoms with Gasteiger partial charge in [-0.05, 0) is 19.3 Å². The average Bonchev–Trinajstić information content (AvgIpc) is 2.30. The van der Waals surface area contributed by atoms with Crippen molar-refractivity contribution < 1.29 is 14.3 Å². The maximum Gasteiger partial charge on any atom is 0.306 e. The van der Waals surface area contributed by atoms with Crippen molar-refractivity contribution in [3.05, 3.63) is 0 Å². The first-order valence-corrected chi connectivity index (χ1v) is 6.18. The predicted molar refractivity (Wildman–Crippen MR) is 62.3 cm³/mol. The summed E-state index contributed by atoms with van der Waals surface area (Å²) in [5, 5.41) is 3.39. The lowest BCUT2D eigenvalue weighted by Crippen LogP contribution is -2.39. The molecular formula is C12H23NO3. The van der Waals surface area contributed by atoms with Crippen LogP contribution >= 0.6 is 0 Å². The fourth-order valence-corrected chi connectivity index (χ4v) is 2.07. The van der Waals surface area contributed by atoms with Gasteiger partial charge in [-0.25, -0.2) is 0 Å². The third kappa shape index (κ3) is 4.94. The van der Waals surface area contributed by atoms with Crippen molar-refractivity contribution >= 4 is 5.97 Å². The Kier molecular flexibility index (Phi) is 6.42. The highest BCUT2D eigenvalue weighted by Gasteiger charge is 2.21. The molecule has 4 heteroatoms. The van der Waals surface area contributed by atoms with E-state index >= 15 is 0 Å². The molecule has 1 aliphatic rings. The summed E-state index contributed by atoms with van der Waals surface area (Å²) in [7, 11) is 1.42. The van der Waals surface area contributed by atoms with E-state index < -0.39 is 0 Å². The van der Waals surface area contributed by atoms with Gasteiger partial charge in [-0.3, -0.25) is 4.79 Å². The van der Waals surface area contributed by atoms with Gasteiger partial charge < -0.3 is 14.8 Å². The first-order chi connectivity index (χ1) is 7.76. The largest absolute Gasteiger partial charge is 0.469 e. The van der Waals surface area contributed by atoms with Gasteiger partial charge >= 0.3 is 5.97 Å². The molecule has 1 rings (SSSR count). The highest BCUT2D eigenvalue weighted by molar-refractivity contribution is 5.69. The van der Waals surface area contributed by atoms with Crippen LogP contribution in [0.3, 0.4) is 0 Å². The van der Waals surface area contributed by atoms with Crippen LogP contribution in [0.15, 0.2) is 0 Å². The number of hydrogen-bond donors (Lipinski definition) is 1. The van der Waals surface area contributed by atoms with E-state index in [1.807, 2.05) is 0 Å². The molecule has 2 unspecified atom stereocenters. The maximum absolute atomic E-state index is 10.9.